The van der Waals surface area contributed by atoms with Crippen molar-refractivity contribution in [3.63, 3.8) is 0 Å². The number of hydrogen-bond acceptors (Lipinski definition) is 5. The van der Waals surface area contributed by atoms with Crippen molar-refractivity contribution in [3.8, 4) is 11.5 Å². The lowest BCUT2D eigenvalue weighted by atomic mass is 10.1. The molecule has 0 atom stereocenters. The number of unbranched alkanes of at least 4 members (excludes halogenated alkanes) is 7. The maximum atomic E-state index is 11.9. The Morgan fingerprint density at radius 2 is 1.48 bits per heavy atom. The number of benzene rings is 1. The summed E-state index contributed by atoms with van der Waals surface area (Å²) in [6.07, 6.45) is 12.6. The highest BCUT2D eigenvalue weighted by Gasteiger charge is 2.03. The van der Waals surface area contributed by atoms with Crippen LogP contribution in [0.2, 0.25) is 0 Å². The van der Waals surface area contributed by atoms with Crippen molar-refractivity contribution in [1.82, 2.24) is 5.32 Å². The van der Waals surface area contributed by atoms with E-state index in [0.717, 1.165) is 37.7 Å². The zero-order chi connectivity index (χ0) is 21.3. The summed E-state index contributed by atoms with van der Waals surface area (Å²) in [5.74, 6) is 1.09. The molecule has 0 bridgehead atoms. The van der Waals surface area contributed by atoms with E-state index in [2.05, 4.69) is 10.1 Å². The van der Waals surface area contributed by atoms with Crippen LogP contribution in [0.1, 0.15) is 63.4 Å². The van der Waals surface area contributed by atoms with Crippen LogP contribution in [0.4, 0.5) is 0 Å². The van der Waals surface area contributed by atoms with Crippen LogP contribution in [-0.4, -0.2) is 39.8 Å². The van der Waals surface area contributed by atoms with Crippen molar-refractivity contribution >= 4 is 18.0 Å². The number of ether oxygens (including phenoxy) is 3. The molecule has 1 N–H and O–H groups in total. The molecular formula is C23H35NO5. The van der Waals surface area contributed by atoms with Crippen molar-refractivity contribution in [2.24, 2.45) is 0 Å². The largest absolute Gasteiger partial charge is 0.493 e. The highest BCUT2D eigenvalue weighted by Crippen LogP contribution is 2.27. The number of nitrogens with one attached hydrogen (secondary N) is 1. The molecule has 1 rings (SSSR count). The van der Waals surface area contributed by atoms with Gasteiger partial charge >= 0.3 is 5.97 Å². The minimum absolute atomic E-state index is 0.0922. The molecule has 0 fully saturated rings. The lowest BCUT2D eigenvalue weighted by Gasteiger charge is -2.07. The molecule has 0 saturated heterocycles. The molecule has 0 aliphatic carbocycles. The van der Waals surface area contributed by atoms with Crippen LogP contribution in [-0.2, 0) is 14.3 Å². The zero-order valence-electron chi connectivity index (χ0n) is 18.0. The SMILES string of the molecule is COC(=O)CCCCCCCCCCNC(=O)/C=C/c1ccc(OC)c(OC)c1. The summed E-state index contributed by atoms with van der Waals surface area (Å²) in [5.41, 5.74) is 0.879. The van der Waals surface area contributed by atoms with Gasteiger partial charge in [0.25, 0.3) is 0 Å². The Balaban J connectivity index is 2.07. The molecule has 0 heterocycles. The molecule has 0 spiro atoms. The summed E-state index contributed by atoms with van der Waals surface area (Å²) >= 11 is 0. The molecule has 1 aromatic rings. The van der Waals surface area contributed by atoms with Crippen LogP contribution < -0.4 is 14.8 Å². The van der Waals surface area contributed by atoms with Gasteiger partial charge in [-0.2, -0.15) is 0 Å². The third-order valence-electron chi connectivity index (χ3n) is 4.67. The Kier molecular flexibility index (Phi) is 13.1. The number of esters is 1. The lowest BCUT2D eigenvalue weighted by molar-refractivity contribution is -0.140. The van der Waals surface area contributed by atoms with Gasteiger partial charge in [-0.15, -0.1) is 0 Å². The molecule has 1 amide bonds. The quantitative estimate of drug-likeness (QED) is 0.264. The number of rotatable bonds is 15. The molecular weight excluding hydrogens is 370 g/mol. The van der Waals surface area contributed by atoms with Crippen molar-refractivity contribution < 1.29 is 23.8 Å². The monoisotopic (exact) mass is 405 g/mol. The van der Waals surface area contributed by atoms with Crippen LogP contribution in [0, 0.1) is 0 Å². The zero-order valence-corrected chi connectivity index (χ0v) is 18.0. The molecule has 0 aliphatic heterocycles. The molecule has 0 unspecified atom stereocenters. The second-order valence-electron chi connectivity index (χ2n) is 6.89. The number of carbonyl (C=O) groups excluding carboxylic acids is 2. The first kappa shape index (κ1) is 24.5. The predicted octanol–water partition coefficient (Wildman–Crippen LogP) is 4.52. The minimum Gasteiger partial charge on any atom is -0.493 e. The van der Waals surface area contributed by atoms with Crippen LogP contribution >= 0.6 is 0 Å². The van der Waals surface area contributed by atoms with Crippen LogP contribution in [0.25, 0.3) is 6.08 Å². The molecule has 1 aromatic carbocycles. The van der Waals surface area contributed by atoms with E-state index in [0.29, 0.717) is 24.5 Å². The molecule has 0 radical (unpaired) electrons. The molecule has 6 nitrogen and oxygen atoms in total. The minimum atomic E-state index is -0.120. The number of carbonyl (C=O) groups is 2. The standard InChI is InChI=1S/C23H35NO5/c1-27-20-15-13-19(18-21(20)28-2)14-16-22(25)24-17-11-9-7-5-4-6-8-10-12-23(26)29-3/h13-16,18H,4-12,17H2,1-3H3,(H,24,25)/b16-14+. The molecule has 0 aromatic heterocycles. The fraction of sp³-hybridized carbons (Fsp3) is 0.565. The van der Waals surface area contributed by atoms with Gasteiger partial charge in [0.1, 0.15) is 0 Å². The summed E-state index contributed by atoms with van der Waals surface area (Å²) in [6.45, 7) is 0.689. The van der Waals surface area contributed by atoms with E-state index in [1.165, 1.54) is 32.4 Å². The van der Waals surface area contributed by atoms with E-state index < -0.39 is 0 Å². The van der Waals surface area contributed by atoms with E-state index >= 15 is 0 Å². The van der Waals surface area contributed by atoms with Gasteiger partial charge in [0.15, 0.2) is 11.5 Å². The lowest BCUT2D eigenvalue weighted by Crippen LogP contribution is -2.21. The topological polar surface area (TPSA) is 73.9 Å². The van der Waals surface area contributed by atoms with Crippen LogP contribution in [0.3, 0.4) is 0 Å². The van der Waals surface area contributed by atoms with E-state index in [1.807, 2.05) is 18.2 Å². The number of methoxy groups -OCH3 is 3. The summed E-state index contributed by atoms with van der Waals surface area (Å²) < 4.78 is 15.1. The van der Waals surface area contributed by atoms with Crippen LogP contribution in [0.5, 0.6) is 11.5 Å². The van der Waals surface area contributed by atoms with E-state index in [4.69, 9.17) is 9.47 Å². The summed E-state index contributed by atoms with van der Waals surface area (Å²) in [4.78, 5) is 22.9. The Hall–Kier alpha value is -2.50. The fourth-order valence-electron chi connectivity index (χ4n) is 2.96. The molecule has 162 valence electrons. The highest BCUT2D eigenvalue weighted by molar-refractivity contribution is 5.91. The highest BCUT2D eigenvalue weighted by atomic mass is 16.5. The third kappa shape index (κ3) is 11.2. The van der Waals surface area contributed by atoms with E-state index in [-0.39, 0.29) is 11.9 Å². The fourth-order valence-corrected chi connectivity index (χ4v) is 2.96. The summed E-state index contributed by atoms with van der Waals surface area (Å²) in [5, 5.41) is 2.91. The molecule has 6 heteroatoms. The van der Waals surface area contributed by atoms with Crippen molar-refractivity contribution in [2.45, 2.75) is 57.8 Å². The maximum Gasteiger partial charge on any atom is 0.305 e. The first-order chi connectivity index (χ1) is 14.1. The van der Waals surface area contributed by atoms with Crippen molar-refractivity contribution in [3.05, 3.63) is 29.8 Å². The Morgan fingerprint density at radius 3 is 2.10 bits per heavy atom. The first-order valence-electron chi connectivity index (χ1n) is 10.4. The van der Waals surface area contributed by atoms with E-state index in [9.17, 15) is 9.59 Å². The van der Waals surface area contributed by atoms with Crippen molar-refractivity contribution in [1.29, 1.82) is 0 Å². The molecule has 0 saturated carbocycles. The average Bonchev–Trinajstić information content (AvgIpc) is 2.75. The molecule has 0 aliphatic rings. The normalized spacial score (nSPS) is 10.7. The molecule has 29 heavy (non-hydrogen) atoms. The van der Waals surface area contributed by atoms with Gasteiger partial charge in [-0.3, -0.25) is 9.59 Å². The predicted molar refractivity (Wildman–Crippen MR) is 115 cm³/mol. The van der Waals surface area contributed by atoms with Gasteiger partial charge in [-0.05, 0) is 36.6 Å². The van der Waals surface area contributed by atoms with E-state index in [1.54, 1.807) is 20.3 Å². The summed E-state index contributed by atoms with van der Waals surface area (Å²) in [7, 11) is 4.61. The second kappa shape index (κ2) is 15.4. The average molecular weight is 406 g/mol. The van der Waals surface area contributed by atoms with Gasteiger partial charge in [0, 0.05) is 19.0 Å². The Bertz CT molecular complexity index is 642. The summed E-state index contributed by atoms with van der Waals surface area (Å²) in [6, 6.07) is 5.52. The maximum absolute atomic E-state index is 11.9. The van der Waals surface area contributed by atoms with Gasteiger partial charge in [0.05, 0.1) is 21.3 Å². The van der Waals surface area contributed by atoms with Gasteiger partial charge in [-0.25, -0.2) is 0 Å². The van der Waals surface area contributed by atoms with Gasteiger partial charge < -0.3 is 19.5 Å². The van der Waals surface area contributed by atoms with Crippen molar-refractivity contribution in [2.75, 3.05) is 27.9 Å². The smallest absolute Gasteiger partial charge is 0.305 e. The third-order valence-corrected chi connectivity index (χ3v) is 4.67. The number of hydrogen-bond donors (Lipinski definition) is 1. The Morgan fingerprint density at radius 1 is 0.862 bits per heavy atom. The van der Waals surface area contributed by atoms with Crippen LogP contribution in [0.15, 0.2) is 24.3 Å². The first-order valence-corrected chi connectivity index (χ1v) is 10.4. The Labute approximate surface area is 174 Å². The number of amides is 1. The van der Waals surface area contributed by atoms with Gasteiger partial charge in [-0.1, -0.05) is 44.6 Å². The van der Waals surface area contributed by atoms with Gasteiger partial charge in [0.2, 0.25) is 5.91 Å². The second-order valence-corrected chi connectivity index (χ2v) is 6.89.